The lowest BCUT2D eigenvalue weighted by Crippen LogP contribution is -2.42. The van der Waals surface area contributed by atoms with E-state index < -0.39 is 43.6 Å². The van der Waals surface area contributed by atoms with Crippen LogP contribution >= 0.6 is 0 Å². The first kappa shape index (κ1) is 26.8. The molecule has 0 spiro atoms. The van der Waals surface area contributed by atoms with E-state index in [0.29, 0.717) is 6.42 Å². The summed E-state index contributed by atoms with van der Waals surface area (Å²) in [5, 5.41) is 0. The summed E-state index contributed by atoms with van der Waals surface area (Å²) >= 11 is 0. The van der Waals surface area contributed by atoms with Crippen LogP contribution in [0.1, 0.15) is 57.8 Å². The molecule has 0 fully saturated rings. The third-order valence-corrected chi connectivity index (χ3v) is 7.81. The Morgan fingerprint density at radius 1 is 0.533 bits per heavy atom. The van der Waals surface area contributed by atoms with E-state index in [9.17, 15) is 22.0 Å². The minimum Gasteiger partial charge on any atom is -0.487 e. The maximum atomic E-state index is 13.5. The minimum atomic E-state index is -2.47. The molecule has 0 aliphatic rings. The Labute approximate surface area is 176 Å². The van der Waals surface area contributed by atoms with Gasteiger partial charge in [-0.2, -0.15) is 8.78 Å². The lowest BCUT2D eigenvalue weighted by atomic mass is 10.1. The highest BCUT2D eigenvalue weighted by Gasteiger charge is 2.36. The van der Waals surface area contributed by atoms with Gasteiger partial charge in [-0.25, -0.2) is 13.2 Å². The molecule has 0 aliphatic carbocycles. The summed E-state index contributed by atoms with van der Waals surface area (Å²) in [4.78, 5) is 0. The maximum absolute atomic E-state index is 13.5. The van der Waals surface area contributed by atoms with Gasteiger partial charge < -0.3 is 18.0 Å². The maximum Gasteiger partial charge on any atom is 0.500 e. The summed E-state index contributed by atoms with van der Waals surface area (Å²) in [6, 6.07) is 0.791. The largest absolute Gasteiger partial charge is 0.500 e. The first-order valence-electron chi connectivity index (χ1n) is 10.1. The van der Waals surface area contributed by atoms with Crippen molar-refractivity contribution in [3.63, 3.8) is 0 Å². The number of halogens is 5. The highest BCUT2D eigenvalue weighted by atomic mass is 28.4. The van der Waals surface area contributed by atoms with E-state index >= 15 is 0 Å². The smallest absolute Gasteiger partial charge is 0.487 e. The normalized spacial score (nSPS) is 11.9. The van der Waals surface area contributed by atoms with E-state index in [1.807, 2.05) is 0 Å². The van der Waals surface area contributed by atoms with Crippen LogP contribution in [0.5, 0.6) is 5.75 Å². The van der Waals surface area contributed by atoms with Crippen LogP contribution in [-0.4, -0.2) is 36.7 Å². The van der Waals surface area contributed by atoms with E-state index in [-0.39, 0.29) is 6.61 Å². The molecular weight excluding hydrogens is 427 g/mol. The molecule has 0 heterocycles. The highest BCUT2D eigenvalue weighted by Crippen LogP contribution is 2.29. The number of hydrogen-bond donors (Lipinski definition) is 0. The van der Waals surface area contributed by atoms with Gasteiger partial charge in [0.25, 0.3) is 0 Å². The molecule has 1 aromatic rings. The average Bonchev–Trinajstić information content (AvgIpc) is 2.76. The number of benzene rings is 1. The zero-order valence-electron chi connectivity index (χ0n) is 17.8. The first-order valence-corrected chi connectivity index (χ1v) is 12.1. The number of hydrogen-bond acceptors (Lipinski definition) is 4. The summed E-state index contributed by atoms with van der Waals surface area (Å²) in [6.07, 6.45) is 8.46. The molecular formula is C20H31F5O4Si. The molecule has 0 aromatic heterocycles. The van der Waals surface area contributed by atoms with E-state index in [4.69, 9.17) is 18.0 Å². The van der Waals surface area contributed by atoms with Gasteiger partial charge in [0.05, 0.1) is 6.61 Å². The van der Waals surface area contributed by atoms with E-state index in [2.05, 4.69) is 0 Å². The fourth-order valence-corrected chi connectivity index (χ4v) is 4.92. The Balaban J connectivity index is 2.10. The Hall–Kier alpha value is -1.23. The highest BCUT2D eigenvalue weighted by molar-refractivity contribution is 6.60. The fraction of sp³-hybridized carbons (Fsp3) is 0.700. The van der Waals surface area contributed by atoms with Crippen LogP contribution in [0.15, 0.2) is 0 Å². The molecule has 0 saturated carbocycles. The summed E-state index contributed by atoms with van der Waals surface area (Å²) in [7, 11) is 2.34. The Morgan fingerprint density at radius 3 is 1.33 bits per heavy atom. The van der Waals surface area contributed by atoms with E-state index in [1.165, 1.54) is 0 Å². The van der Waals surface area contributed by atoms with Gasteiger partial charge in [0.1, 0.15) is 0 Å². The molecule has 1 aromatic carbocycles. The van der Waals surface area contributed by atoms with Crippen LogP contribution < -0.4 is 4.74 Å². The van der Waals surface area contributed by atoms with Crippen molar-refractivity contribution in [1.29, 1.82) is 0 Å². The third kappa shape index (κ3) is 7.79. The molecule has 10 heteroatoms. The Bertz CT molecular complexity index is 607. The van der Waals surface area contributed by atoms with Gasteiger partial charge in [-0.15, -0.1) is 0 Å². The van der Waals surface area contributed by atoms with Crippen molar-refractivity contribution >= 4 is 8.80 Å². The molecule has 0 radical (unpaired) electrons. The zero-order valence-corrected chi connectivity index (χ0v) is 18.8. The fourth-order valence-electron chi connectivity index (χ4n) is 3.12. The van der Waals surface area contributed by atoms with E-state index in [1.54, 1.807) is 21.3 Å². The average molecular weight is 459 g/mol. The van der Waals surface area contributed by atoms with Gasteiger partial charge in [0, 0.05) is 27.4 Å². The summed E-state index contributed by atoms with van der Waals surface area (Å²) in [5.74, 6) is -11.3. The van der Waals surface area contributed by atoms with Crippen LogP contribution in [-0.2, 0) is 13.3 Å². The number of unbranched alkanes of at least 4 members (excludes halogenated alkanes) is 8. The van der Waals surface area contributed by atoms with Gasteiger partial charge in [-0.1, -0.05) is 44.9 Å². The minimum absolute atomic E-state index is 0.109. The van der Waals surface area contributed by atoms with Gasteiger partial charge in [-0.05, 0) is 12.8 Å². The van der Waals surface area contributed by atoms with Crippen molar-refractivity contribution in [2.24, 2.45) is 0 Å². The Kier molecular flexibility index (Phi) is 12.5. The molecule has 0 unspecified atom stereocenters. The standard InChI is InChI=1S/C20H31F5O4Si/c1-26-30(27-2,28-3)14-12-10-8-6-4-5-7-9-11-13-29-20-18(24)16(22)15(21)17(23)19(20)25/h4-14H2,1-3H3. The predicted octanol–water partition coefficient (Wildman–Crippen LogP) is 6.15. The molecule has 0 bridgehead atoms. The molecule has 0 N–H and O–H groups in total. The lowest BCUT2D eigenvalue weighted by molar-refractivity contribution is 0.122. The molecule has 0 saturated heterocycles. The summed E-state index contributed by atoms with van der Waals surface area (Å²) < 4.78 is 87.0. The molecule has 0 atom stereocenters. The quantitative estimate of drug-likeness (QED) is 0.0979. The van der Waals surface area contributed by atoms with Crippen molar-refractivity contribution in [3.05, 3.63) is 29.1 Å². The topological polar surface area (TPSA) is 36.9 Å². The van der Waals surface area contributed by atoms with Crippen molar-refractivity contribution in [2.45, 2.75) is 63.8 Å². The Morgan fingerprint density at radius 2 is 0.900 bits per heavy atom. The third-order valence-electron chi connectivity index (χ3n) is 4.98. The van der Waals surface area contributed by atoms with Crippen molar-refractivity contribution in [1.82, 2.24) is 0 Å². The van der Waals surface area contributed by atoms with Gasteiger partial charge >= 0.3 is 8.80 Å². The molecule has 174 valence electrons. The molecule has 30 heavy (non-hydrogen) atoms. The first-order chi connectivity index (χ1) is 14.3. The predicted molar refractivity (Wildman–Crippen MR) is 105 cm³/mol. The van der Waals surface area contributed by atoms with Gasteiger partial charge in [-0.3, -0.25) is 0 Å². The monoisotopic (exact) mass is 458 g/mol. The van der Waals surface area contributed by atoms with Crippen molar-refractivity contribution in [3.8, 4) is 5.75 Å². The lowest BCUT2D eigenvalue weighted by Gasteiger charge is -2.24. The SMILES string of the molecule is CO[Si](CCCCCCCCCCCOc1c(F)c(F)c(F)c(F)c1F)(OC)OC. The van der Waals surface area contributed by atoms with Gasteiger partial charge in [0.15, 0.2) is 5.75 Å². The van der Waals surface area contributed by atoms with E-state index in [0.717, 1.165) is 57.4 Å². The molecule has 0 aliphatic heterocycles. The van der Waals surface area contributed by atoms with Crippen molar-refractivity contribution in [2.75, 3.05) is 27.9 Å². The number of ether oxygens (including phenoxy) is 1. The zero-order chi connectivity index (χ0) is 22.6. The van der Waals surface area contributed by atoms with Crippen molar-refractivity contribution < 1.29 is 40.0 Å². The molecule has 1 rings (SSSR count). The van der Waals surface area contributed by atoms with Crippen LogP contribution in [0.4, 0.5) is 22.0 Å². The second-order valence-electron chi connectivity index (χ2n) is 6.97. The van der Waals surface area contributed by atoms with Gasteiger partial charge in [0.2, 0.25) is 29.1 Å². The second kappa shape index (κ2) is 13.9. The molecule has 4 nitrogen and oxygen atoms in total. The summed E-state index contributed by atoms with van der Waals surface area (Å²) in [6.45, 7) is -0.109. The van der Waals surface area contributed by atoms with Crippen LogP contribution in [0.3, 0.4) is 0 Å². The summed E-state index contributed by atoms with van der Waals surface area (Å²) in [5.41, 5.74) is 0. The molecule has 0 amide bonds. The number of rotatable bonds is 16. The van der Waals surface area contributed by atoms with Crippen LogP contribution in [0, 0.1) is 29.1 Å². The second-order valence-corrected chi connectivity index (χ2v) is 10.1. The van der Waals surface area contributed by atoms with Crippen LogP contribution in [0.2, 0.25) is 6.04 Å². The van der Waals surface area contributed by atoms with Crippen LogP contribution in [0.25, 0.3) is 0 Å².